The summed E-state index contributed by atoms with van der Waals surface area (Å²) in [5.74, 6) is 2.24. The molecule has 0 spiro atoms. The summed E-state index contributed by atoms with van der Waals surface area (Å²) in [6.07, 6.45) is 1.96. The van der Waals surface area contributed by atoms with E-state index in [4.69, 9.17) is 20.0 Å². The minimum atomic E-state index is -0.996. The molecule has 0 saturated carbocycles. The SMILES string of the molecule is COc1ccc(CC(N)C(=O)O)cc1CSCc1ccco1. The fourth-order valence-corrected chi connectivity index (χ4v) is 2.98. The van der Waals surface area contributed by atoms with Crippen LogP contribution in [0.1, 0.15) is 16.9 Å². The number of furan rings is 1. The first kappa shape index (κ1) is 16.5. The van der Waals surface area contributed by atoms with E-state index >= 15 is 0 Å². The molecule has 2 rings (SSSR count). The van der Waals surface area contributed by atoms with Crippen molar-refractivity contribution in [1.29, 1.82) is 0 Å². The third-order valence-electron chi connectivity index (χ3n) is 3.20. The highest BCUT2D eigenvalue weighted by molar-refractivity contribution is 7.97. The molecule has 0 saturated heterocycles. The zero-order valence-corrected chi connectivity index (χ0v) is 13.1. The fraction of sp³-hybridized carbons (Fsp3) is 0.312. The number of nitrogens with two attached hydrogens (primary N) is 1. The molecule has 0 aliphatic rings. The second kappa shape index (κ2) is 7.91. The normalized spacial score (nSPS) is 12.1. The number of benzene rings is 1. The zero-order chi connectivity index (χ0) is 15.9. The Balaban J connectivity index is 2.02. The summed E-state index contributed by atoms with van der Waals surface area (Å²) in [5.41, 5.74) is 7.50. The van der Waals surface area contributed by atoms with Crippen LogP contribution in [0.25, 0.3) is 0 Å². The Morgan fingerprint density at radius 2 is 2.23 bits per heavy atom. The number of hydrogen-bond donors (Lipinski definition) is 2. The summed E-state index contributed by atoms with van der Waals surface area (Å²) in [6.45, 7) is 0. The van der Waals surface area contributed by atoms with Gasteiger partial charge in [0.2, 0.25) is 0 Å². The third-order valence-corrected chi connectivity index (χ3v) is 4.20. The quantitative estimate of drug-likeness (QED) is 0.777. The maximum atomic E-state index is 10.9. The maximum absolute atomic E-state index is 10.9. The van der Waals surface area contributed by atoms with Gasteiger partial charge in [-0.25, -0.2) is 0 Å². The highest BCUT2D eigenvalue weighted by Crippen LogP contribution is 2.26. The largest absolute Gasteiger partial charge is 0.496 e. The fourth-order valence-electron chi connectivity index (χ4n) is 2.07. The van der Waals surface area contributed by atoms with E-state index in [0.29, 0.717) is 6.42 Å². The molecule has 6 heteroatoms. The lowest BCUT2D eigenvalue weighted by Gasteiger charge is -2.12. The number of methoxy groups -OCH3 is 1. The molecule has 118 valence electrons. The minimum Gasteiger partial charge on any atom is -0.496 e. The van der Waals surface area contributed by atoms with Crippen molar-refractivity contribution in [1.82, 2.24) is 0 Å². The van der Waals surface area contributed by atoms with Crippen LogP contribution in [0, 0.1) is 0 Å². The molecule has 0 aliphatic heterocycles. The molecule has 0 fully saturated rings. The van der Waals surface area contributed by atoms with Crippen LogP contribution in [0.4, 0.5) is 0 Å². The Labute approximate surface area is 133 Å². The van der Waals surface area contributed by atoms with Gasteiger partial charge in [-0.1, -0.05) is 12.1 Å². The van der Waals surface area contributed by atoms with E-state index in [1.807, 2.05) is 30.3 Å². The van der Waals surface area contributed by atoms with Crippen molar-refractivity contribution in [2.45, 2.75) is 24.0 Å². The zero-order valence-electron chi connectivity index (χ0n) is 12.3. The number of aliphatic carboxylic acids is 1. The van der Waals surface area contributed by atoms with Gasteiger partial charge in [-0.15, -0.1) is 11.8 Å². The summed E-state index contributed by atoms with van der Waals surface area (Å²) < 4.78 is 10.7. The van der Waals surface area contributed by atoms with Crippen molar-refractivity contribution in [2.75, 3.05) is 7.11 Å². The molecule has 0 aliphatic carbocycles. The Morgan fingerprint density at radius 1 is 1.41 bits per heavy atom. The molecule has 1 aromatic heterocycles. The Kier molecular flexibility index (Phi) is 5.91. The summed E-state index contributed by atoms with van der Waals surface area (Å²) in [7, 11) is 1.62. The predicted molar refractivity (Wildman–Crippen MR) is 86.0 cm³/mol. The monoisotopic (exact) mass is 321 g/mol. The van der Waals surface area contributed by atoms with E-state index in [1.54, 1.807) is 25.1 Å². The van der Waals surface area contributed by atoms with E-state index in [-0.39, 0.29) is 0 Å². The molecule has 5 nitrogen and oxygen atoms in total. The molecule has 0 bridgehead atoms. The van der Waals surface area contributed by atoms with Crippen LogP contribution < -0.4 is 10.5 Å². The van der Waals surface area contributed by atoms with E-state index in [0.717, 1.165) is 34.1 Å². The first-order valence-corrected chi connectivity index (χ1v) is 8.00. The molecular weight excluding hydrogens is 302 g/mol. The molecule has 1 unspecified atom stereocenters. The molecule has 0 amide bonds. The second-order valence-corrected chi connectivity index (χ2v) is 5.85. The Morgan fingerprint density at radius 3 is 2.86 bits per heavy atom. The van der Waals surface area contributed by atoms with E-state index < -0.39 is 12.0 Å². The van der Waals surface area contributed by atoms with Crippen LogP contribution in [-0.2, 0) is 22.7 Å². The van der Waals surface area contributed by atoms with E-state index in [1.165, 1.54) is 0 Å². The Bertz CT molecular complexity index is 613. The predicted octanol–water partition coefficient (Wildman–Crippen LogP) is 2.68. The van der Waals surface area contributed by atoms with Crippen molar-refractivity contribution >= 4 is 17.7 Å². The summed E-state index contributed by atoms with van der Waals surface area (Å²) in [6, 6.07) is 8.57. The molecule has 1 atom stereocenters. The smallest absolute Gasteiger partial charge is 0.320 e. The Hall–Kier alpha value is -1.92. The summed E-state index contributed by atoms with van der Waals surface area (Å²) in [5, 5.41) is 8.90. The molecule has 1 heterocycles. The van der Waals surface area contributed by atoms with Crippen molar-refractivity contribution in [3.05, 3.63) is 53.5 Å². The number of carboxylic acids is 1. The van der Waals surface area contributed by atoms with Crippen LogP contribution >= 0.6 is 11.8 Å². The topological polar surface area (TPSA) is 85.7 Å². The number of carboxylic acid groups (broad SMARTS) is 1. The van der Waals surface area contributed by atoms with Gasteiger partial charge in [-0.2, -0.15) is 0 Å². The van der Waals surface area contributed by atoms with Crippen molar-refractivity contribution in [2.24, 2.45) is 5.73 Å². The summed E-state index contributed by atoms with van der Waals surface area (Å²) >= 11 is 1.71. The van der Waals surface area contributed by atoms with Crippen LogP contribution in [0.15, 0.2) is 41.0 Å². The second-order valence-electron chi connectivity index (χ2n) is 4.87. The van der Waals surface area contributed by atoms with Crippen LogP contribution in [-0.4, -0.2) is 24.2 Å². The van der Waals surface area contributed by atoms with E-state index in [2.05, 4.69) is 0 Å². The van der Waals surface area contributed by atoms with Crippen LogP contribution in [0.3, 0.4) is 0 Å². The number of ether oxygens (including phenoxy) is 1. The van der Waals surface area contributed by atoms with Crippen LogP contribution in [0.2, 0.25) is 0 Å². The van der Waals surface area contributed by atoms with Crippen LogP contribution in [0.5, 0.6) is 5.75 Å². The lowest BCUT2D eigenvalue weighted by atomic mass is 10.0. The molecule has 2 aromatic rings. The molecule has 0 radical (unpaired) electrons. The number of hydrogen-bond acceptors (Lipinski definition) is 5. The van der Waals surface area contributed by atoms with Gasteiger partial charge in [0.05, 0.1) is 19.1 Å². The van der Waals surface area contributed by atoms with Crippen molar-refractivity contribution < 1.29 is 19.1 Å². The van der Waals surface area contributed by atoms with Gasteiger partial charge in [0.15, 0.2) is 0 Å². The van der Waals surface area contributed by atoms with Gasteiger partial charge >= 0.3 is 5.97 Å². The maximum Gasteiger partial charge on any atom is 0.320 e. The molecule has 3 N–H and O–H groups in total. The van der Waals surface area contributed by atoms with Gasteiger partial charge in [-0.05, 0) is 30.2 Å². The highest BCUT2D eigenvalue weighted by atomic mass is 32.2. The van der Waals surface area contributed by atoms with Gasteiger partial charge < -0.3 is 20.0 Å². The first-order chi connectivity index (χ1) is 10.6. The molecule has 22 heavy (non-hydrogen) atoms. The van der Waals surface area contributed by atoms with Gasteiger partial charge in [0.1, 0.15) is 17.6 Å². The van der Waals surface area contributed by atoms with Gasteiger partial charge in [0.25, 0.3) is 0 Å². The number of carbonyl (C=O) groups is 1. The number of thioether (sulfide) groups is 1. The minimum absolute atomic E-state index is 0.301. The molecular formula is C16H19NO4S. The summed E-state index contributed by atoms with van der Waals surface area (Å²) in [4.78, 5) is 10.9. The van der Waals surface area contributed by atoms with Crippen molar-refractivity contribution in [3.8, 4) is 5.75 Å². The highest BCUT2D eigenvalue weighted by Gasteiger charge is 2.13. The average Bonchev–Trinajstić information content (AvgIpc) is 3.00. The first-order valence-electron chi connectivity index (χ1n) is 6.84. The lowest BCUT2D eigenvalue weighted by molar-refractivity contribution is -0.138. The standard InChI is InChI=1S/C16H19NO4S/c1-20-15-5-4-11(8-14(17)16(18)19)7-12(15)9-22-10-13-3-2-6-21-13/h2-7,14H,8-10,17H2,1H3,(H,18,19). The number of rotatable bonds is 8. The third kappa shape index (κ3) is 4.54. The van der Waals surface area contributed by atoms with Crippen molar-refractivity contribution in [3.63, 3.8) is 0 Å². The van der Waals surface area contributed by atoms with Gasteiger partial charge in [-0.3, -0.25) is 4.79 Å². The average molecular weight is 321 g/mol. The van der Waals surface area contributed by atoms with Gasteiger partial charge in [0, 0.05) is 11.3 Å². The molecule has 1 aromatic carbocycles. The lowest BCUT2D eigenvalue weighted by Crippen LogP contribution is -2.32. The van der Waals surface area contributed by atoms with E-state index in [9.17, 15) is 4.79 Å².